The van der Waals surface area contributed by atoms with Crippen LogP contribution in [0.1, 0.15) is 65.2 Å². The standard InChI is InChI=1S/C17H35N3O.HI/c1-15(2)14-20-17(18-3)19-12-8-5-9-13-21-16-10-6-4-7-11-16;/h15-16H,4-14H2,1-3H3,(H2,18,19,20);1H. The first-order valence-corrected chi connectivity index (χ1v) is 8.78. The van der Waals surface area contributed by atoms with Crippen LogP contribution in [-0.2, 0) is 4.74 Å². The second kappa shape index (κ2) is 14.5. The minimum absolute atomic E-state index is 0. The Morgan fingerprint density at radius 3 is 2.45 bits per heavy atom. The van der Waals surface area contributed by atoms with Crippen molar-refractivity contribution in [3.63, 3.8) is 0 Å². The van der Waals surface area contributed by atoms with Crippen molar-refractivity contribution in [2.75, 3.05) is 26.7 Å². The fraction of sp³-hybridized carbons (Fsp3) is 0.941. The fourth-order valence-corrected chi connectivity index (χ4v) is 2.61. The van der Waals surface area contributed by atoms with Crippen molar-refractivity contribution in [1.29, 1.82) is 0 Å². The quantitative estimate of drug-likeness (QED) is 0.255. The maximum Gasteiger partial charge on any atom is 0.190 e. The van der Waals surface area contributed by atoms with Crippen molar-refractivity contribution in [2.24, 2.45) is 10.9 Å². The smallest absolute Gasteiger partial charge is 0.190 e. The number of rotatable bonds is 9. The van der Waals surface area contributed by atoms with Gasteiger partial charge in [-0.3, -0.25) is 4.99 Å². The minimum Gasteiger partial charge on any atom is -0.378 e. The molecule has 1 saturated carbocycles. The first kappa shape index (κ1) is 22.0. The van der Waals surface area contributed by atoms with E-state index < -0.39 is 0 Å². The lowest BCUT2D eigenvalue weighted by Gasteiger charge is -2.21. The van der Waals surface area contributed by atoms with Gasteiger partial charge in [-0.05, 0) is 38.0 Å². The van der Waals surface area contributed by atoms with Crippen molar-refractivity contribution >= 4 is 29.9 Å². The summed E-state index contributed by atoms with van der Waals surface area (Å²) < 4.78 is 5.94. The van der Waals surface area contributed by atoms with Gasteiger partial charge in [-0.15, -0.1) is 24.0 Å². The highest BCUT2D eigenvalue weighted by Gasteiger charge is 2.12. The number of guanidine groups is 1. The van der Waals surface area contributed by atoms with Gasteiger partial charge in [-0.25, -0.2) is 0 Å². The molecule has 0 aromatic carbocycles. The lowest BCUT2D eigenvalue weighted by atomic mass is 9.98. The molecule has 1 rings (SSSR count). The zero-order valence-electron chi connectivity index (χ0n) is 14.7. The van der Waals surface area contributed by atoms with E-state index in [2.05, 4.69) is 29.5 Å². The SMILES string of the molecule is CN=C(NCCCCCOC1CCCCC1)NCC(C)C.I. The molecule has 1 aliphatic rings. The zero-order valence-corrected chi connectivity index (χ0v) is 17.0. The van der Waals surface area contributed by atoms with Crippen molar-refractivity contribution in [3.8, 4) is 0 Å². The van der Waals surface area contributed by atoms with Gasteiger partial charge in [-0.2, -0.15) is 0 Å². The molecule has 0 aromatic heterocycles. The van der Waals surface area contributed by atoms with E-state index in [1.807, 2.05) is 7.05 Å². The van der Waals surface area contributed by atoms with Crippen LogP contribution in [0.5, 0.6) is 0 Å². The largest absolute Gasteiger partial charge is 0.378 e. The summed E-state index contributed by atoms with van der Waals surface area (Å²) in [7, 11) is 1.83. The van der Waals surface area contributed by atoms with Gasteiger partial charge in [0.25, 0.3) is 0 Å². The van der Waals surface area contributed by atoms with Crippen LogP contribution in [0.2, 0.25) is 0 Å². The van der Waals surface area contributed by atoms with E-state index in [1.54, 1.807) is 0 Å². The Morgan fingerprint density at radius 1 is 1.09 bits per heavy atom. The predicted octanol–water partition coefficient (Wildman–Crippen LogP) is 3.95. The monoisotopic (exact) mass is 425 g/mol. The highest BCUT2D eigenvalue weighted by Crippen LogP contribution is 2.20. The second-order valence-electron chi connectivity index (χ2n) is 6.47. The van der Waals surface area contributed by atoms with Crippen LogP contribution in [0.4, 0.5) is 0 Å². The summed E-state index contributed by atoms with van der Waals surface area (Å²) in [4.78, 5) is 4.22. The van der Waals surface area contributed by atoms with Crippen LogP contribution in [0.15, 0.2) is 4.99 Å². The first-order chi connectivity index (χ1) is 10.2. The molecule has 0 aliphatic heterocycles. The Kier molecular flexibility index (Phi) is 14.5. The Balaban J connectivity index is 0.00000441. The Bertz CT molecular complexity index is 279. The van der Waals surface area contributed by atoms with Crippen molar-refractivity contribution in [2.45, 2.75) is 71.3 Å². The van der Waals surface area contributed by atoms with Crippen molar-refractivity contribution in [1.82, 2.24) is 10.6 Å². The van der Waals surface area contributed by atoms with E-state index >= 15 is 0 Å². The molecule has 0 bridgehead atoms. The summed E-state index contributed by atoms with van der Waals surface area (Å²) in [5.74, 6) is 1.56. The number of halogens is 1. The molecule has 22 heavy (non-hydrogen) atoms. The van der Waals surface area contributed by atoms with Crippen molar-refractivity contribution < 1.29 is 4.74 Å². The van der Waals surface area contributed by atoms with Gasteiger partial charge >= 0.3 is 0 Å². The Hall–Kier alpha value is -0.0400. The number of nitrogens with one attached hydrogen (secondary N) is 2. The van der Waals surface area contributed by atoms with Crippen LogP contribution < -0.4 is 10.6 Å². The maximum atomic E-state index is 5.94. The van der Waals surface area contributed by atoms with Gasteiger partial charge in [0, 0.05) is 26.7 Å². The first-order valence-electron chi connectivity index (χ1n) is 8.78. The van der Waals surface area contributed by atoms with Crippen LogP contribution in [0.3, 0.4) is 0 Å². The summed E-state index contributed by atoms with van der Waals surface area (Å²) in [5, 5.41) is 6.69. The molecule has 0 aromatic rings. The molecule has 0 unspecified atom stereocenters. The van der Waals surface area contributed by atoms with E-state index in [4.69, 9.17) is 4.74 Å². The van der Waals surface area contributed by atoms with Crippen LogP contribution in [-0.4, -0.2) is 38.8 Å². The lowest BCUT2D eigenvalue weighted by Crippen LogP contribution is -2.39. The van der Waals surface area contributed by atoms with Gasteiger partial charge in [0.1, 0.15) is 0 Å². The van der Waals surface area contributed by atoms with E-state index in [0.717, 1.165) is 25.7 Å². The predicted molar refractivity (Wildman–Crippen MR) is 106 cm³/mol. The third-order valence-electron chi connectivity index (χ3n) is 3.92. The highest BCUT2D eigenvalue weighted by molar-refractivity contribution is 14.0. The van der Waals surface area contributed by atoms with E-state index in [9.17, 15) is 0 Å². The molecular formula is C17H36IN3O. The van der Waals surface area contributed by atoms with Gasteiger partial charge in [0.05, 0.1) is 6.10 Å². The number of unbranched alkanes of at least 4 members (excludes halogenated alkanes) is 2. The molecule has 5 heteroatoms. The summed E-state index contributed by atoms with van der Waals surface area (Å²) in [5.41, 5.74) is 0. The topological polar surface area (TPSA) is 45.7 Å². The molecule has 0 heterocycles. The van der Waals surface area contributed by atoms with Crippen LogP contribution in [0, 0.1) is 5.92 Å². The van der Waals surface area contributed by atoms with Crippen LogP contribution >= 0.6 is 24.0 Å². The molecule has 4 nitrogen and oxygen atoms in total. The van der Waals surface area contributed by atoms with E-state index in [-0.39, 0.29) is 24.0 Å². The Morgan fingerprint density at radius 2 is 1.82 bits per heavy atom. The van der Waals surface area contributed by atoms with Gasteiger partial charge in [0.15, 0.2) is 5.96 Å². The molecule has 0 atom stereocenters. The van der Waals surface area contributed by atoms with Gasteiger partial charge in [-0.1, -0.05) is 33.1 Å². The maximum absolute atomic E-state index is 5.94. The third-order valence-corrected chi connectivity index (χ3v) is 3.92. The summed E-state index contributed by atoms with van der Waals surface area (Å²) in [6.07, 6.45) is 10.8. The minimum atomic E-state index is 0. The number of ether oxygens (including phenoxy) is 1. The molecule has 1 aliphatic carbocycles. The molecule has 0 radical (unpaired) electrons. The number of hydrogen-bond donors (Lipinski definition) is 2. The molecule has 132 valence electrons. The zero-order chi connectivity index (χ0) is 15.3. The lowest BCUT2D eigenvalue weighted by molar-refractivity contribution is 0.0264. The van der Waals surface area contributed by atoms with Crippen LogP contribution in [0.25, 0.3) is 0 Å². The number of nitrogens with zero attached hydrogens (tertiary/aromatic N) is 1. The third kappa shape index (κ3) is 11.5. The number of hydrogen-bond acceptors (Lipinski definition) is 2. The molecule has 0 spiro atoms. The molecule has 2 N–H and O–H groups in total. The number of aliphatic imine (C=N–C) groups is 1. The molecular weight excluding hydrogens is 389 g/mol. The average molecular weight is 425 g/mol. The second-order valence-corrected chi connectivity index (χ2v) is 6.47. The molecule has 0 amide bonds. The van der Waals surface area contributed by atoms with Gasteiger partial charge < -0.3 is 15.4 Å². The fourth-order valence-electron chi connectivity index (χ4n) is 2.61. The van der Waals surface area contributed by atoms with Crippen molar-refractivity contribution in [3.05, 3.63) is 0 Å². The normalized spacial score (nSPS) is 16.5. The summed E-state index contributed by atoms with van der Waals surface area (Å²) in [6.45, 7) is 7.29. The molecule has 1 fully saturated rings. The highest BCUT2D eigenvalue weighted by atomic mass is 127. The summed E-state index contributed by atoms with van der Waals surface area (Å²) >= 11 is 0. The average Bonchev–Trinajstić information content (AvgIpc) is 2.50. The molecule has 0 saturated heterocycles. The summed E-state index contributed by atoms with van der Waals surface area (Å²) in [6, 6.07) is 0. The van der Waals surface area contributed by atoms with E-state index in [1.165, 1.54) is 51.4 Å². The van der Waals surface area contributed by atoms with Gasteiger partial charge in [0.2, 0.25) is 0 Å². The Labute approximate surface area is 154 Å². The van der Waals surface area contributed by atoms with E-state index in [0.29, 0.717) is 12.0 Å².